The number of fused-ring (bicyclic) bond motifs is 1. The Balaban J connectivity index is 1.50. The highest BCUT2D eigenvalue weighted by atomic mass is 35.5. The number of carbonyl (C=O) groups is 1. The van der Waals surface area contributed by atoms with E-state index in [1.165, 1.54) is 12.1 Å². The number of nitrogens with zero attached hydrogens (tertiary/aromatic N) is 6. The molecule has 0 atom stereocenters. The number of halogens is 5. The quantitative estimate of drug-likeness (QED) is 0.587. The van der Waals surface area contributed by atoms with Crippen LogP contribution >= 0.6 is 11.6 Å². The minimum atomic E-state index is -4.68. The molecule has 0 unspecified atom stereocenters. The molecule has 1 aromatic carbocycles. The molecular weight excluding hydrogens is 416 g/mol. The van der Waals surface area contributed by atoms with Crippen molar-refractivity contribution in [2.24, 2.45) is 0 Å². The Morgan fingerprint density at radius 3 is 2.41 bits per heavy atom. The minimum Gasteiger partial charge on any atom is -0.352 e. The molecule has 3 heterocycles. The molecular formula is C17H13ClF4N6O. The summed E-state index contributed by atoms with van der Waals surface area (Å²) in [6.07, 6.45) is -4.68. The summed E-state index contributed by atoms with van der Waals surface area (Å²) in [6, 6.07) is 6.51. The SMILES string of the molecule is O=C(c1ccc(F)cc1Cl)N1CCN(c2ccc3nnc(C(F)(F)F)n3n2)CC1. The summed E-state index contributed by atoms with van der Waals surface area (Å²) in [5, 5.41) is 10.7. The number of aromatic nitrogens is 4. The van der Waals surface area contributed by atoms with Gasteiger partial charge in [0, 0.05) is 26.2 Å². The molecule has 152 valence electrons. The molecule has 1 aliphatic heterocycles. The van der Waals surface area contributed by atoms with Crippen LogP contribution in [0, 0.1) is 5.82 Å². The Hall–Kier alpha value is -2.95. The first kappa shape index (κ1) is 19.4. The average molecular weight is 429 g/mol. The fraction of sp³-hybridized carbons (Fsp3) is 0.294. The van der Waals surface area contributed by atoms with Crippen LogP contribution in [0.1, 0.15) is 16.2 Å². The first-order valence-corrected chi connectivity index (χ1v) is 8.91. The second-order valence-corrected chi connectivity index (χ2v) is 6.79. The van der Waals surface area contributed by atoms with Crippen LogP contribution in [-0.4, -0.2) is 56.8 Å². The van der Waals surface area contributed by atoms with Gasteiger partial charge in [-0.25, -0.2) is 4.39 Å². The molecule has 0 radical (unpaired) electrons. The van der Waals surface area contributed by atoms with E-state index in [1.54, 1.807) is 15.9 Å². The van der Waals surface area contributed by atoms with Crippen molar-refractivity contribution in [3.8, 4) is 0 Å². The molecule has 0 saturated carbocycles. The number of carbonyl (C=O) groups excluding carboxylic acids is 1. The van der Waals surface area contributed by atoms with Crippen LogP contribution in [0.4, 0.5) is 23.4 Å². The lowest BCUT2D eigenvalue weighted by Crippen LogP contribution is -2.49. The molecule has 0 spiro atoms. The van der Waals surface area contributed by atoms with Gasteiger partial charge in [-0.3, -0.25) is 4.79 Å². The summed E-state index contributed by atoms with van der Waals surface area (Å²) in [5.41, 5.74) is 0.182. The summed E-state index contributed by atoms with van der Waals surface area (Å²) in [6.45, 7) is 1.32. The number of piperazine rings is 1. The fourth-order valence-corrected chi connectivity index (χ4v) is 3.34. The highest BCUT2D eigenvalue weighted by molar-refractivity contribution is 6.33. The van der Waals surface area contributed by atoms with Crippen LogP contribution < -0.4 is 4.90 Å². The fourth-order valence-electron chi connectivity index (χ4n) is 3.10. The first-order chi connectivity index (χ1) is 13.7. The van der Waals surface area contributed by atoms with Crippen LogP contribution in [0.15, 0.2) is 30.3 Å². The number of benzene rings is 1. The molecule has 7 nitrogen and oxygen atoms in total. The molecule has 0 N–H and O–H groups in total. The molecule has 4 rings (SSSR count). The lowest BCUT2D eigenvalue weighted by molar-refractivity contribution is -0.146. The van der Waals surface area contributed by atoms with Crippen LogP contribution in [0.5, 0.6) is 0 Å². The summed E-state index contributed by atoms with van der Waals surface area (Å²) in [5.74, 6) is -1.76. The van der Waals surface area contributed by atoms with Crippen LogP contribution in [0.25, 0.3) is 5.65 Å². The van der Waals surface area contributed by atoms with Gasteiger partial charge in [0.2, 0.25) is 0 Å². The normalized spacial score (nSPS) is 15.2. The monoisotopic (exact) mass is 428 g/mol. The number of alkyl halides is 3. The van der Waals surface area contributed by atoms with Gasteiger partial charge in [-0.05, 0) is 30.3 Å². The maximum Gasteiger partial charge on any atom is 0.453 e. The second kappa shape index (κ2) is 7.14. The van der Waals surface area contributed by atoms with E-state index in [-0.39, 0.29) is 22.1 Å². The molecule has 1 fully saturated rings. The van der Waals surface area contributed by atoms with Crippen molar-refractivity contribution in [3.05, 3.63) is 52.6 Å². The van der Waals surface area contributed by atoms with Gasteiger partial charge >= 0.3 is 6.18 Å². The maximum absolute atomic E-state index is 13.2. The largest absolute Gasteiger partial charge is 0.453 e. The molecule has 1 saturated heterocycles. The van der Waals surface area contributed by atoms with Gasteiger partial charge in [0.25, 0.3) is 11.7 Å². The summed E-state index contributed by atoms with van der Waals surface area (Å²) in [4.78, 5) is 15.9. The van der Waals surface area contributed by atoms with Crippen molar-refractivity contribution in [2.45, 2.75) is 6.18 Å². The molecule has 1 aliphatic rings. The van der Waals surface area contributed by atoms with Gasteiger partial charge in [-0.15, -0.1) is 15.3 Å². The van der Waals surface area contributed by atoms with Gasteiger partial charge < -0.3 is 9.80 Å². The predicted octanol–water partition coefficient (Wildman–Crippen LogP) is 2.90. The number of hydrogen-bond acceptors (Lipinski definition) is 5. The lowest BCUT2D eigenvalue weighted by Gasteiger charge is -2.35. The van der Waals surface area contributed by atoms with Gasteiger partial charge in [0.05, 0.1) is 10.6 Å². The van der Waals surface area contributed by atoms with Crippen LogP contribution in [0.3, 0.4) is 0 Å². The number of anilines is 1. The van der Waals surface area contributed by atoms with Gasteiger partial charge in [0.15, 0.2) is 5.65 Å². The Bertz CT molecular complexity index is 1080. The smallest absolute Gasteiger partial charge is 0.352 e. The molecule has 29 heavy (non-hydrogen) atoms. The zero-order chi connectivity index (χ0) is 20.8. The van der Waals surface area contributed by atoms with Gasteiger partial charge in [-0.1, -0.05) is 11.6 Å². The van der Waals surface area contributed by atoms with E-state index in [0.717, 1.165) is 12.1 Å². The van der Waals surface area contributed by atoms with E-state index in [9.17, 15) is 22.4 Å². The van der Waals surface area contributed by atoms with E-state index in [1.807, 2.05) is 0 Å². The highest BCUT2D eigenvalue weighted by Crippen LogP contribution is 2.28. The summed E-state index contributed by atoms with van der Waals surface area (Å²) >= 11 is 5.95. The third kappa shape index (κ3) is 3.69. The van der Waals surface area contributed by atoms with E-state index in [0.29, 0.717) is 36.5 Å². The topological polar surface area (TPSA) is 66.6 Å². The number of rotatable bonds is 2. The van der Waals surface area contributed by atoms with Crippen molar-refractivity contribution >= 4 is 29.0 Å². The Morgan fingerprint density at radius 1 is 1.03 bits per heavy atom. The van der Waals surface area contributed by atoms with Crippen molar-refractivity contribution in [1.82, 2.24) is 24.7 Å². The zero-order valence-corrected chi connectivity index (χ0v) is 15.5. The maximum atomic E-state index is 13.2. The molecule has 12 heteroatoms. The lowest BCUT2D eigenvalue weighted by atomic mass is 10.1. The molecule has 3 aromatic rings. The van der Waals surface area contributed by atoms with E-state index in [4.69, 9.17) is 11.6 Å². The molecule has 0 bridgehead atoms. The zero-order valence-electron chi connectivity index (χ0n) is 14.7. The van der Waals surface area contributed by atoms with Gasteiger partial charge in [0.1, 0.15) is 11.6 Å². The first-order valence-electron chi connectivity index (χ1n) is 8.53. The predicted molar refractivity (Wildman–Crippen MR) is 95.3 cm³/mol. The van der Waals surface area contributed by atoms with Crippen molar-refractivity contribution < 1.29 is 22.4 Å². The van der Waals surface area contributed by atoms with E-state index >= 15 is 0 Å². The number of hydrogen-bond donors (Lipinski definition) is 0. The Morgan fingerprint density at radius 2 is 1.76 bits per heavy atom. The third-order valence-electron chi connectivity index (χ3n) is 4.55. The van der Waals surface area contributed by atoms with Crippen molar-refractivity contribution in [3.63, 3.8) is 0 Å². The average Bonchev–Trinajstić information content (AvgIpc) is 3.11. The van der Waals surface area contributed by atoms with Gasteiger partial charge in [-0.2, -0.15) is 17.7 Å². The molecule has 1 amide bonds. The summed E-state index contributed by atoms with van der Waals surface area (Å²) in [7, 11) is 0. The Labute approximate surface area is 166 Å². The molecule has 0 aliphatic carbocycles. The number of amides is 1. The third-order valence-corrected chi connectivity index (χ3v) is 4.87. The van der Waals surface area contributed by atoms with Crippen molar-refractivity contribution in [2.75, 3.05) is 31.1 Å². The van der Waals surface area contributed by atoms with Crippen molar-refractivity contribution in [1.29, 1.82) is 0 Å². The summed E-state index contributed by atoms with van der Waals surface area (Å²) < 4.78 is 52.9. The molecule has 2 aromatic heterocycles. The van der Waals surface area contributed by atoms with Crippen LogP contribution in [0.2, 0.25) is 5.02 Å². The van der Waals surface area contributed by atoms with E-state index < -0.39 is 17.8 Å². The minimum absolute atomic E-state index is 0.0131. The Kier molecular flexibility index (Phi) is 4.77. The second-order valence-electron chi connectivity index (χ2n) is 6.39. The standard InChI is InChI=1S/C17H13ClF4N6O/c18-12-9-10(19)1-2-11(12)15(29)27-7-5-26(6-8-27)14-4-3-13-23-24-16(17(20,21)22)28(13)25-14/h1-4,9H,5-8H2. The van der Waals surface area contributed by atoms with E-state index in [2.05, 4.69) is 15.3 Å². The van der Waals surface area contributed by atoms with Crippen LogP contribution in [-0.2, 0) is 6.18 Å². The highest BCUT2D eigenvalue weighted by Gasteiger charge is 2.38.